The molecule has 1 saturated heterocycles. The number of benzene rings is 2. The minimum absolute atomic E-state index is 0.0543. The van der Waals surface area contributed by atoms with E-state index in [0.29, 0.717) is 11.4 Å². The van der Waals surface area contributed by atoms with Gasteiger partial charge in [-0.1, -0.05) is 35.3 Å². The van der Waals surface area contributed by atoms with Gasteiger partial charge in [0.2, 0.25) is 0 Å². The highest BCUT2D eigenvalue weighted by Crippen LogP contribution is 2.30. The summed E-state index contributed by atoms with van der Waals surface area (Å²) in [4.78, 5) is 14.5. The lowest BCUT2D eigenvalue weighted by Crippen LogP contribution is -2.30. The van der Waals surface area contributed by atoms with Crippen molar-refractivity contribution in [2.75, 3.05) is 22.7 Å². The number of hydrogen-bond acceptors (Lipinski definition) is 5. The van der Waals surface area contributed by atoms with E-state index in [1.165, 1.54) is 36.9 Å². The molecular formula is C21H20Cl2N4O3S. The topological polar surface area (TPSA) is 84.3 Å². The van der Waals surface area contributed by atoms with Crippen molar-refractivity contribution >= 4 is 44.6 Å². The second-order valence-electron chi connectivity index (χ2n) is 7.19. The lowest BCUT2D eigenvalue weighted by atomic mass is 10.1. The Kier molecular flexibility index (Phi) is 6.22. The second kappa shape index (κ2) is 8.90. The summed E-state index contributed by atoms with van der Waals surface area (Å²) in [5, 5.41) is 3.85. The number of piperidine rings is 1. The maximum absolute atomic E-state index is 13.0. The van der Waals surface area contributed by atoms with Crippen LogP contribution >= 0.6 is 23.2 Å². The second-order valence-corrected chi connectivity index (χ2v) is 9.66. The van der Waals surface area contributed by atoms with Gasteiger partial charge in [0.1, 0.15) is 5.02 Å². The van der Waals surface area contributed by atoms with Crippen LogP contribution in [0.4, 0.5) is 11.4 Å². The van der Waals surface area contributed by atoms with Crippen molar-refractivity contribution in [1.82, 2.24) is 9.78 Å². The predicted octanol–water partition coefficient (Wildman–Crippen LogP) is 4.33. The smallest absolute Gasteiger partial charge is 0.291 e. The molecule has 4 rings (SSSR count). The molecule has 0 atom stereocenters. The molecule has 3 aromatic rings. The van der Waals surface area contributed by atoms with E-state index in [2.05, 4.69) is 14.7 Å². The summed E-state index contributed by atoms with van der Waals surface area (Å²) in [6.07, 6.45) is 4.62. The fourth-order valence-electron chi connectivity index (χ4n) is 3.54. The molecule has 1 aliphatic heterocycles. The van der Waals surface area contributed by atoms with Crippen molar-refractivity contribution in [2.24, 2.45) is 0 Å². The average Bonchev–Trinajstić information content (AvgIpc) is 2.78. The molecule has 1 aromatic heterocycles. The van der Waals surface area contributed by atoms with Crippen molar-refractivity contribution in [3.63, 3.8) is 0 Å². The third kappa shape index (κ3) is 4.56. The lowest BCUT2D eigenvalue weighted by molar-refractivity contribution is 0.578. The summed E-state index contributed by atoms with van der Waals surface area (Å²) in [5.74, 6) is 0. The summed E-state index contributed by atoms with van der Waals surface area (Å²) in [6, 6.07) is 13.2. The zero-order valence-electron chi connectivity index (χ0n) is 16.5. The first-order valence-corrected chi connectivity index (χ1v) is 12.0. The van der Waals surface area contributed by atoms with Crippen LogP contribution < -0.4 is 15.2 Å². The van der Waals surface area contributed by atoms with Gasteiger partial charge >= 0.3 is 0 Å². The molecule has 2 heterocycles. The Balaban J connectivity index is 1.61. The summed E-state index contributed by atoms with van der Waals surface area (Å²) >= 11 is 11.7. The monoisotopic (exact) mass is 478 g/mol. The van der Waals surface area contributed by atoms with Crippen LogP contribution in [0.1, 0.15) is 19.3 Å². The van der Waals surface area contributed by atoms with Gasteiger partial charge in [0, 0.05) is 13.1 Å². The highest BCUT2D eigenvalue weighted by atomic mass is 35.5. The van der Waals surface area contributed by atoms with Crippen LogP contribution in [0.5, 0.6) is 0 Å². The molecule has 1 aliphatic rings. The number of hydrogen-bond donors (Lipinski definition) is 1. The molecule has 0 saturated carbocycles. The number of halogens is 2. The van der Waals surface area contributed by atoms with Gasteiger partial charge in [0.25, 0.3) is 15.6 Å². The first-order chi connectivity index (χ1) is 14.9. The van der Waals surface area contributed by atoms with Gasteiger partial charge in [-0.25, -0.2) is 8.42 Å². The number of anilines is 2. The van der Waals surface area contributed by atoms with Crippen molar-refractivity contribution in [3.8, 4) is 5.69 Å². The molecule has 0 radical (unpaired) electrons. The Bertz CT molecular complexity index is 1250. The molecule has 0 bridgehead atoms. The Morgan fingerprint density at radius 1 is 0.935 bits per heavy atom. The SMILES string of the molecule is O=c1c(Cl)c(Cl)cnn1-c1ccc(S(=O)(=O)Nc2ccccc2N2CCCCC2)cc1. The van der Waals surface area contributed by atoms with Crippen molar-refractivity contribution in [3.05, 3.63) is 75.1 Å². The first-order valence-electron chi connectivity index (χ1n) is 9.77. The van der Waals surface area contributed by atoms with E-state index in [4.69, 9.17) is 23.2 Å². The number of nitrogens with one attached hydrogen (secondary N) is 1. The highest BCUT2D eigenvalue weighted by molar-refractivity contribution is 7.92. The summed E-state index contributed by atoms with van der Waals surface area (Å²) < 4.78 is 29.8. The Hall–Kier alpha value is -2.55. The van der Waals surface area contributed by atoms with Crippen LogP contribution in [-0.4, -0.2) is 31.3 Å². The number of para-hydroxylation sites is 2. The molecule has 7 nitrogen and oxygen atoms in total. The minimum atomic E-state index is -3.83. The first kappa shape index (κ1) is 21.7. The van der Waals surface area contributed by atoms with E-state index in [9.17, 15) is 13.2 Å². The van der Waals surface area contributed by atoms with Gasteiger partial charge < -0.3 is 4.90 Å². The molecule has 0 spiro atoms. The highest BCUT2D eigenvalue weighted by Gasteiger charge is 2.20. The molecule has 0 unspecified atom stereocenters. The number of rotatable bonds is 5. The van der Waals surface area contributed by atoms with Gasteiger partial charge in [-0.2, -0.15) is 9.78 Å². The van der Waals surface area contributed by atoms with E-state index in [1.54, 1.807) is 12.1 Å². The zero-order chi connectivity index (χ0) is 22.0. The van der Waals surface area contributed by atoms with Gasteiger partial charge in [-0.15, -0.1) is 0 Å². The van der Waals surface area contributed by atoms with Gasteiger partial charge in [-0.05, 0) is 55.7 Å². The van der Waals surface area contributed by atoms with Crippen LogP contribution in [0.25, 0.3) is 5.69 Å². The summed E-state index contributed by atoms with van der Waals surface area (Å²) in [5.41, 5.74) is 1.19. The fourth-order valence-corrected chi connectivity index (χ4v) is 4.86. The third-order valence-corrected chi connectivity index (χ3v) is 7.24. The van der Waals surface area contributed by atoms with E-state index in [0.717, 1.165) is 36.3 Å². The van der Waals surface area contributed by atoms with Crippen LogP contribution in [0.3, 0.4) is 0 Å². The third-order valence-electron chi connectivity index (χ3n) is 5.11. The van der Waals surface area contributed by atoms with Crippen molar-refractivity contribution in [2.45, 2.75) is 24.2 Å². The average molecular weight is 479 g/mol. The Morgan fingerprint density at radius 3 is 2.32 bits per heavy atom. The van der Waals surface area contributed by atoms with Crippen LogP contribution in [-0.2, 0) is 10.0 Å². The van der Waals surface area contributed by atoms with Gasteiger partial charge in [0.15, 0.2) is 0 Å². The molecule has 0 amide bonds. The molecule has 1 fully saturated rings. The van der Waals surface area contributed by atoms with Crippen LogP contribution in [0.15, 0.2) is 64.4 Å². The molecule has 2 aromatic carbocycles. The number of sulfonamides is 1. The maximum Gasteiger partial charge on any atom is 0.291 e. The van der Waals surface area contributed by atoms with Crippen molar-refractivity contribution < 1.29 is 8.42 Å². The predicted molar refractivity (Wildman–Crippen MR) is 123 cm³/mol. The number of nitrogens with zero attached hydrogens (tertiary/aromatic N) is 3. The molecule has 0 aliphatic carbocycles. The minimum Gasteiger partial charge on any atom is -0.370 e. The molecule has 1 N–H and O–H groups in total. The van der Waals surface area contributed by atoms with Crippen LogP contribution in [0, 0.1) is 0 Å². The molecule has 162 valence electrons. The zero-order valence-corrected chi connectivity index (χ0v) is 18.8. The number of aromatic nitrogens is 2. The quantitative estimate of drug-likeness (QED) is 0.589. The van der Waals surface area contributed by atoms with E-state index >= 15 is 0 Å². The standard InChI is InChI=1S/C21H20Cl2N4O3S/c22-17-14-24-27(21(28)20(17)23)15-8-10-16(11-9-15)31(29,30)25-18-6-2-3-7-19(18)26-12-4-1-5-13-26/h2-3,6-11,14,25H,1,4-5,12-13H2. The fraction of sp³-hybridized carbons (Fsp3) is 0.238. The summed E-state index contributed by atoms with van der Waals surface area (Å²) in [7, 11) is -3.83. The molecule has 31 heavy (non-hydrogen) atoms. The Labute approximate surface area is 190 Å². The summed E-state index contributed by atoms with van der Waals surface area (Å²) in [6.45, 7) is 1.80. The van der Waals surface area contributed by atoms with Crippen LogP contribution in [0.2, 0.25) is 10.0 Å². The normalized spacial score (nSPS) is 14.5. The van der Waals surface area contributed by atoms with Gasteiger partial charge in [-0.3, -0.25) is 9.52 Å². The van der Waals surface area contributed by atoms with Crippen molar-refractivity contribution in [1.29, 1.82) is 0 Å². The Morgan fingerprint density at radius 2 is 1.61 bits per heavy atom. The van der Waals surface area contributed by atoms with E-state index < -0.39 is 15.6 Å². The molecule has 10 heteroatoms. The van der Waals surface area contributed by atoms with Gasteiger partial charge in [0.05, 0.1) is 33.2 Å². The van der Waals surface area contributed by atoms with E-state index in [1.807, 2.05) is 12.1 Å². The maximum atomic E-state index is 13.0. The largest absolute Gasteiger partial charge is 0.370 e. The van der Waals surface area contributed by atoms with E-state index in [-0.39, 0.29) is 14.9 Å². The lowest BCUT2D eigenvalue weighted by Gasteiger charge is -2.30. The molecular weight excluding hydrogens is 459 g/mol.